The third-order valence-corrected chi connectivity index (χ3v) is 4.18. The lowest BCUT2D eigenvalue weighted by molar-refractivity contribution is -0.870. The second-order valence-electron chi connectivity index (χ2n) is 6.21. The first-order chi connectivity index (χ1) is 9.09. The fraction of sp³-hybridized carbons (Fsp3) is 0.917. The second kappa shape index (κ2) is 7.00. The van der Waals surface area contributed by atoms with Gasteiger partial charge in [-0.1, -0.05) is 0 Å². The molecule has 0 aromatic rings. The van der Waals surface area contributed by atoms with Crippen LogP contribution in [0.3, 0.4) is 0 Å². The lowest BCUT2D eigenvalue weighted by Crippen LogP contribution is -2.37. The van der Waals surface area contributed by atoms with Gasteiger partial charge in [0.05, 0.1) is 27.7 Å². The van der Waals surface area contributed by atoms with Gasteiger partial charge in [0.25, 0.3) is 7.82 Å². The maximum Gasteiger partial charge on any atom is 0.268 e. The third kappa shape index (κ3) is 6.81. The van der Waals surface area contributed by atoms with Crippen molar-refractivity contribution >= 4 is 13.7 Å². The van der Waals surface area contributed by atoms with Gasteiger partial charge in [-0.25, -0.2) is 0 Å². The van der Waals surface area contributed by atoms with E-state index in [2.05, 4.69) is 0 Å². The first-order valence-electron chi connectivity index (χ1n) is 6.75. The zero-order valence-corrected chi connectivity index (χ0v) is 13.6. The molecule has 118 valence electrons. The first kappa shape index (κ1) is 17.6. The standard InChI is InChI=1S/C12H25N2O5P/c1-11(15)13-6-5-12(9-13)10-19-20(16,17)18-8-7-14(2,3)4/h12H,5-10H2,1-4H3/t12-/m1/s1. The van der Waals surface area contributed by atoms with Crippen LogP contribution in [0.4, 0.5) is 0 Å². The number of quaternary nitrogens is 1. The molecule has 0 aromatic heterocycles. The SMILES string of the molecule is CC(=O)N1CC[C@@H](COP(=O)([O-])OCC[N+](C)(C)C)C1. The molecule has 1 aliphatic rings. The largest absolute Gasteiger partial charge is 0.756 e. The summed E-state index contributed by atoms with van der Waals surface area (Å²) >= 11 is 0. The highest BCUT2D eigenvalue weighted by molar-refractivity contribution is 7.45. The molecule has 7 nitrogen and oxygen atoms in total. The molecule has 1 heterocycles. The second-order valence-corrected chi connectivity index (χ2v) is 7.62. The summed E-state index contributed by atoms with van der Waals surface area (Å²) in [6, 6.07) is 0. The summed E-state index contributed by atoms with van der Waals surface area (Å²) in [6.07, 6.45) is 0.762. The fourth-order valence-corrected chi connectivity index (χ4v) is 2.69. The minimum Gasteiger partial charge on any atom is -0.756 e. The first-order valence-corrected chi connectivity index (χ1v) is 8.21. The summed E-state index contributed by atoms with van der Waals surface area (Å²) < 4.78 is 21.9. The zero-order chi connectivity index (χ0) is 15.4. The molecule has 1 aliphatic heterocycles. The minimum absolute atomic E-state index is 0.0111. The van der Waals surface area contributed by atoms with Crippen molar-refractivity contribution in [2.24, 2.45) is 5.92 Å². The summed E-state index contributed by atoms with van der Waals surface area (Å²) in [5, 5.41) is 0. The number of hydrogen-bond acceptors (Lipinski definition) is 5. The average molecular weight is 308 g/mol. The van der Waals surface area contributed by atoms with Crippen LogP contribution < -0.4 is 4.89 Å². The number of amides is 1. The number of rotatable bonds is 7. The monoisotopic (exact) mass is 308 g/mol. The van der Waals surface area contributed by atoms with Crippen LogP contribution in [0.15, 0.2) is 0 Å². The van der Waals surface area contributed by atoms with Gasteiger partial charge in [0.15, 0.2) is 0 Å². The highest BCUT2D eigenvalue weighted by Gasteiger charge is 2.25. The number of phosphoric acid groups is 1. The van der Waals surface area contributed by atoms with E-state index < -0.39 is 7.82 Å². The van der Waals surface area contributed by atoms with E-state index in [0.29, 0.717) is 24.1 Å². The van der Waals surface area contributed by atoms with Crippen molar-refractivity contribution in [1.82, 2.24) is 4.90 Å². The van der Waals surface area contributed by atoms with Gasteiger partial charge in [-0.05, 0) is 6.42 Å². The summed E-state index contributed by atoms with van der Waals surface area (Å²) in [5.74, 6) is 0.0696. The van der Waals surface area contributed by atoms with Crippen LogP contribution in [0.5, 0.6) is 0 Å². The van der Waals surface area contributed by atoms with E-state index in [4.69, 9.17) is 9.05 Å². The highest BCUT2D eigenvalue weighted by atomic mass is 31.2. The van der Waals surface area contributed by atoms with Crippen LogP contribution >= 0.6 is 7.82 Å². The number of likely N-dealkylation sites (N-methyl/N-ethyl adjacent to an activating group) is 1. The van der Waals surface area contributed by atoms with Crippen LogP contribution in [0.2, 0.25) is 0 Å². The van der Waals surface area contributed by atoms with Gasteiger partial charge in [0.1, 0.15) is 13.2 Å². The predicted molar refractivity (Wildman–Crippen MR) is 72.8 cm³/mol. The smallest absolute Gasteiger partial charge is 0.268 e. The Morgan fingerprint density at radius 1 is 1.40 bits per heavy atom. The molecule has 0 aliphatic carbocycles. The van der Waals surface area contributed by atoms with Crippen LogP contribution in [-0.2, 0) is 18.4 Å². The van der Waals surface area contributed by atoms with Crippen molar-refractivity contribution < 1.29 is 27.8 Å². The van der Waals surface area contributed by atoms with Crippen LogP contribution in [0.1, 0.15) is 13.3 Å². The Morgan fingerprint density at radius 3 is 2.55 bits per heavy atom. The van der Waals surface area contributed by atoms with E-state index in [-0.39, 0.29) is 25.0 Å². The summed E-state index contributed by atoms with van der Waals surface area (Å²) in [4.78, 5) is 24.5. The molecule has 1 rings (SSSR count). The molecule has 1 amide bonds. The Bertz CT molecular complexity index is 383. The van der Waals surface area contributed by atoms with Crippen LogP contribution in [0, 0.1) is 5.92 Å². The van der Waals surface area contributed by atoms with Crippen molar-refractivity contribution in [3.05, 3.63) is 0 Å². The fourth-order valence-electron chi connectivity index (χ4n) is 1.92. The summed E-state index contributed by atoms with van der Waals surface area (Å²) in [7, 11) is 1.62. The maximum atomic E-state index is 11.6. The van der Waals surface area contributed by atoms with E-state index in [1.807, 2.05) is 21.1 Å². The molecule has 0 bridgehead atoms. The number of phosphoric ester groups is 1. The number of carbonyl (C=O) groups is 1. The van der Waals surface area contributed by atoms with E-state index in [9.17, 15) is 14.3 Å². The molecular formula is C12H25N2O5P. The van der Waals surface area contributed by atoms with Crippen molar-refractivity contribution in [2.45, 2.75) is 13.3 Å². The number of likely N-dealkylation sites (tertiary alicyclic amines) is 1. The molecule has 20 heavy (non-hydrogen) atoms. The number of hydrogen-bond donors (Lipinski definition) is 0. The van der Waals surface area contributed by atoms with E-state index >= 15 is 0 Å². The molecule has 2 atom stereocenters. The van der Waals surface area contributed by atoms with Crippen LogP contribution in [0.25, 0.3) is 0 Å². The van der Waals surface area contributed by atoms with Gasteiger partial charge in [0.2, 0.25) is 5.91 Å². The molecule has 1 saturated heterocycles. The highest BCUT2D eigenvalue weighted by Crippen LogP contribution is 2.39. The lowest BCUT2D eigenvalue weighted by atomic mass is 10.1. The number of carbonyl (C=O) groups excluding carboxylic acids is 1. The van der Waals surface area contributed by atoms with Crippen molar-refractivity contribution in [2.75, 3.05) is 54.0 Å². The van der Waals surface area contributed by atoms with E-state index in [0.717, 1.165) is 6.42 Å². The van der Waals surface area contributed by atoms with Crippen LogP contribution in [-0.4, -0.2) is 69.3 Å². The predicted octanol–water partition coefficient (Wildman–Crippen LogP) is 0.0626. The Morgan fingerprint density at radius 2 is 2.05 bits per heavy atom. The molecule has 0 aromatic carbocycles. The van der Waals surface area contributed by atoms with Gasteiger partial charge >= 0.3 is 0 Å². The topological polar surface area (TPSA) is 78.9 Å². The Labute approximate surface area is 120 Å². The normalized spacial score (nSPS) is 22.9. The molecule has 8 heteroatoms. The zero-order valence-electron chi connectivity index (χ0n) is 12.7. The van der Waals surface area contributed by atoms with Crippen molar-refractivity contribution in [1.29, 1.82) is 0 Å². The maximum absolute atomic E-state index is 11.6. The molecule has 0 radical (unpaired) electrons. The Hall–Kier alpha value is -0.460. The van der Waals surface area contributed by atoms with Gasteiger partial charge in [-0.3, -0.25) is 9.36 Å². The average Bonchev–Trinajstić information content (AvgIpc) is 2.73. The van der Waals surface area contributed by atoms with Crippen molar-refractivity contribution in [3.63, 3.8) is 0 Å². The quantitative estimate of drug-likeness (QED) is 0.491. The van der Waals surface area contributed by atoms with Gasteiger partial charge in [-0.2, -0.15) is 0 Å². The molecule has 1 unspecified atom stereocenters. The Kier molecular flexibility index (Phi) is 6.16. The lowest BCUT2D eigenvalue weighted by Gasteiger charge is -2.27. The van der Waals surface area contributed by atoms with Gasteiger partial charge in [0, 0.05) is 25.9 Å². The molecule has 0 N–H and O–H groups in total. The van der Waals surface area contributed by atoms with E-state index in [1.54, 1.807) is 4.90 Å². The molecule has 0 saturated carbocycles. The Balaban J connectivity index is 2.26. The van der Waals surface area contributed by atoms with Gasteiger partial charge in [-0.15, -0.1) is 0 Å². The molecular weight excluding hydrogens is 283 g/mol. The molecule has 1 fully saturated rings. The molecule has 0 spiro atoms. The summed E-state index contributed by atoms with van der Waals surface area (Å²) in [5.41, 5.74) is 0. The number of nitrogens with zero attached hydrogens (tertiary/aromatic N) is 2. The third-order valence-electron chi connectivity index (χ3n) is 3.21. The summed E-state index contributed by atoms with van der Waals surface area (Å²) in [6.45, 7) is 3.49. The van der Waals surface area contributed by atoms with Crippen molar-refractivity contribution in [3.8, 4) is 0 Å². The minimum atomic E-state index is -4.24. The van der Waals surface area contributed by atoms with E-state index in [1.165, 1.54) is 6.92 Å². The van der Waals surface area contributed by atoms with Gasteiger partial charge < -0.3 is 23.3 Å².